The highest BCUT2D eigenvalue weighted by molar-refractivity contribution is 5.88. The summed E-state index contributed by atoms with van der Waals surface area (Å²) >= 11 is 0. The molecule has 8 aromatic rings. The van der Waals surface area contributed by atoms with Crippen molar-refractivity contribution >= 4 is 0 Å². The molecule has 0 amide bonds. The number of ether oxygens (including phenoxy) is 2. The summed E-state index contributed by atoms with van der Waals surface area (Å²) in [5.74, 6) is 3.57. The highest BCUT2D eigenvalue weighted by atomic mass is 16.6. The largest absolute Gasteiger partial charge is 0.449 e. The molecule has 0 N–H and O–H groups in total. The van der Waals surface area contributed by atoms with E-state index in [0.717, 1.165) is 56.3 Å². The summed E-state index contributed by atoms with van der Waals surface area (Å²) in [4.78, 5) is 10.2. The predicted molar refractivity (Wildman–Crippen MR) is 213 cm³/mol. The molecule has 252 valence electrons. The Hall–Kier alpha value is -6.78. The van der Waals surface area contributed by atoms with Gasteiger partial charge in [-0.1, -0.05) is 153 Å². The van der Waals surface area contributed by atoms with Crippen molar-refractivity contribution in [3.8, 4) is 90.3 Å². The first-order chi connectivity index (χ1) is 26.0. The highest BCUT2D eigenvalue weighted by Crippen LogP contribution is 2.58. The van der Waals surface area contributed by atoms with Crippen molar-refractivity contribution in [2.75, 3.05) is 0 Å². The van der Waals surface area contributed by atoms with Gasteiger partial charge in [0.2, 0.25) is 0 Å². The Balaban J connectivity index is 1.02. The van der Waals surface area contributed by atoms with Crippen LogP contribution in [0.5, 0.6) is 23.0 Å². The van der Waals surface area contributed by atoms with Crippen molar-refractivity contribution in [3.63, 3.8) is 0 Å². The van der Waals surface area contributed by atoms with Gasteiger partial charge in [0.05, 0.1) is 11.4 Å². The van der Waals surface area contributed by atoms with Gasteiger partial charge in [-0.25, -0.2) is 9.97 Å². The Labute approximate surface area is 309 Å². The van der Waals surface area contributed by atoms with Gasteiger partial charge in [-0.2, -0.15) is 0 Å². The van der Waals surface area contributed by atoms with Crippen LogP contribution < -0.4 is 9.47 Å². The minimum absolute atomic E-state index is 0.127. The van der Waals surface area contributed by atoms with Gasteiger partial charge in [0.1, 0.15) is 0 Å². The highest BCUT2D eigenvalue weighted by Gasteiger charge is 2.39. The zero-order chi connectivity index (χ0) is 35.5. The molecule has 4 heteroatoms. The Morgan fingerprint density at radius 1 is 0.396 bits per heavy atom. The van der Waals surface area contributed by atoms with Gasteiger partial charge in [-0.05, 0) is 69.3 Å². The standard InChI is InChI=1S/C49H34N2O2/c1-49(2)39-19-10-9-18-38(39)46-40(49)25-27-44-47(46)53-45-29-36(24-26-43(45)52-44)35-16-11-17-37(28-35)48-50-41(33-14-7-4-8-15-33)30-42(51-48)34-22-20-32(21-23-34)31-12-5-3-6-13-31/h3-30H,1-2H3. The second-order valence-corrected chi connectivity index (χ2v) is 14.2. The van der Waals surface area contributed by atoms with Crippen LogP contribution >= 0.6 is 0 Å². The van der Waals surface area contributed by atoms with Crippen molar-refractivity contribution in [3.05, 3.63) is 181 Å². The fraction of sp³-hybridized carbons (Fsp3) is 0.0612. The quantitative estimate of drug-likeness (QED) is 0.181. The van der Waals surface area contributed by atoms with E-state index in [1.807, 2.05) is 36.4 Å². The van der Waals surface area contributed by atoms with Crippen LogP contribution in [0, 0.1) is 0 Å². The van der Waals surface area contributed by atoms with E-state index in [9.17, 15) is 0 Å². The minimum Gasteiger partial charge on any atom is -0.449 e. The van der Waals surface area contributed by atoms with Crippen LogP contribution in [-0.4, -0.2) is 9.97 Å². The zero-order valence-electron chi connectivity index (χ0n) is 29.4. The summed E-state index contributed by atoms with van der Waals surface area (Å²) < 4.78 is 13.2. The molecule has 1 aliphatic carbocycles. The van der Waals surface area contributed by atoms with Gasteiger partial charge in [0, 0.05) is 27.7 Å². The Kier molecular flexibility index (Phi) is 7.12. The van der Waals surface area contributed by atoms with Gasteiger partial charge < -0.3 is 9.47 Å². The monoisotopic (exact) mass is 682 g/mol. The lowest BCUT2D eigenvalue weighted by Gasteiger charge is -2.25. The number of rotatable bonds is 5. The topological polar surface area (TPSA) is 44.2 Å². The van der Waals surface area contributed by atoms with Crippen molar-refractivity contribution in [1.29, 1.82) is 0 Å². The first kappa shape index (κ1) is 31.0. The lowest BCUT2D eigenvalue weighted by Crippen LogP contribution is -2.15. The molecule has 0 fully saturated rings. The molecular formula is C49H34N2O2. The summed E-state index contributed by atoms with van der Waals surface area (Å²) in [6.45, 7) is 4.55. The van der Waals surface area contributed by atoms with E-state index in [-0.39, 0.29) is 5.41 Å². The van der Waals surface area contributed by atoms with Gasteiger partial charge in [0.25, 0.3) is 0 Å². The molecule has 10 rings (SSSR count). The predicted octanol–water partition coefficient (Wildman–Crippen LogP) is 13.0. The maximum atomic E-state index is 6.76. The van der Waals surface area contributed by atoms with E-state index < -0.39 is 0 Å². The van der Waals surface area contributed by atoms with Gasteiger partial charge >= 0.3 is 0 Å². The summed E-state index contributed by atoms with van der Waals surface area (Å²) in [6, 6.07) is 58.8. The van der Waals surface area contributed by atoms with Crippen LogP contribution in [0.3, 0.4) is 0 Å². The number of nitrogens with zero attached hydrogens (tertiary/aromatic N) is 2. The van der Waals surface area contributed by atoms with Crippen LogP contribution in [0.25, 0.3) is 67.3 Å². The van der Waals surface area contributed by atoms with Crippen LogP contribution in [0.2, 0.25) is 0 Å². The average molecular weight is 683 g/mol. The molecule has 0 bridgehead atoms. The van der Waals surface area contributed by atoms with E-state index in [2.05, 4.69) is 147 Å². The molecule has 0 radical (unpaired) electrons. The molecule has 0 saturated heterocycles. The molecule has 1 aromatic heterocycles. The number of hydrogen-bond donors (Lipinski definition) is 0. The van der Waals surface area contributed by atoms with Crippen LogP contribution in [0.4, 0.5) is 0 Å². The second-order valence-electron chi connectivity index (χ2n) is 14.2. The van der Waals surface area contributed by atoms with Crippen molar-refractivity contribution in [2.24, 2.45) is 0 Å². The third-order valence-electron chi connectivity index (χ3n) is 10.6. The Morgan fingerprint density at radius 2 is 0.962 bits per heavy atom. The first-order valence-corrected chi connectivity index (χ1v) is 18.0. The Morgan fingerprint density at radius 3 is 1.74 bits per heavy atom. The SMILES string of the molecule is CC1(C)c2ccccc2-c2c1ccc1c2Oc2cc(-c3cccc(-c4nc(-c5ccccc5)cc(-c5ccc(-c6ccccc6)cc5)n4)c3)ccc2O1. The van der Waals surface area contributed by atoms with Gasteiger partial charge in [0.15, 0.2) is 28.8 Å². The van der Waals surface area contributed by atoms with E-state index in [4.69, 9.17) is 19.4 Å². The average Bonchev–Trinajstić information content (AvgIpc) is 3.46. The lowest BCUT2D eigenvalue weighted by molar-refractivity contribution is 0.360. The first-order valence-electron chi connectivity index (χ1n) is 18.0. The molecule has 2 heterocycles. The summed E-state index contributed by atoms with van der Waals surface area (Å²) in [7, 11) is 0. The molecule has 0 unspecified atom stereocenters. The van der Waals surface area contributed by atoms with Gasteiger partial charge in [-0.15, -0.1) is 0 Å². The molecule has 0 saturated carbocycles. The molecule has 4 nitrogen and oxygen atoms in total. The smallest absolute Gasteiger partial charge is 0.178 e. The third-order valence-corrected chi connectivity index (χ3v) is 10.6. The number of benzene rings is 7. The molecular weight excluding hydrogens is 649 g/mol. The number of aromatic nitrogens is 2. The van der Waals surface area contributed by atoms with Gasteiger partial charge in [-0.3, -0.25) is 0 Å². The fourth-order valence-electron chi connectivity index (χ4n) is 7.79. The van der Waals surface area contributed by atoms with E-state index >= 15 is 0 Å². The second kappa shape index (κ2) is 12.2. The zero-order valence-corrected chi connectivity index (χ0v) is 29.4. The lowest BCUT2D eigenvalue weighted by atomic mass is 9.82. The van der Waals surface area contributed by atoms with Crippen molar-refractivity contribution in [1.82, 2.24) is 9.97 Å². The maximum absolute atomic E-state index is 6.76. The Bertz CT molecular complexity index is 2680. The van der Waals surface area contributed by atoms with E-state index in [1.165, 1.54) is 27.8 Å². The summed E-state index contributed by atoms with van der Waals surface area (Å²) in [5.41, 5.74) is 13.9. The molecule has 1 aliphatic heterocycles. The fourth-order valence-corrected chi connectivity index (χ4v) is 7.79. The molecule has 0 spiro atoms. The number of fused-ring (bicyclic) bond motifs is 6. The third kappa shape index (κ3) is 5.30. The molecule has 2 aliphatic rings. The summed E-state index contributed by atoms with van der Waals surface area (Å²) in [6.07, 6.45) is 0. The summed E-state index contributed by atoms with van der Waals surface area (Å²) in [5, 5.41) is 0. The maximum Gasteiger partial charge on any atom is 0.178 e. The minimum atomic E-state index is -0.127. The number of hydrogen-bond acceptors (Lipinski definition) is 4. The van der Waals surface area contributed by atoms with E-state index in [1.54, 1.807) is 0 Å². The normalized spacial score (nSPS) is 13.2. The molecule has 0 atom stereocenters. The van der Waals surface area contributed by atoms with Crippen LogP contribution in [-0.2, 0) is 5.41 Å². The van der Waals surface area contributed by atoms with Crippen LogP contribution in [0.1, 0.15) is 25.0 Å². The molecule has 53 heavy (non-hydrogen) atoms. The molecule has 7 aromatic carbocycles. The van der Waals surface area contributed by atoms with E-state index in [0.29, 0.717) is 17.3 Å². The van der Waals surface area contributed by atoms with Crippen molar-refractivity contribution < 1.29 is 9.47 Å². The van der Waals surface area contributed by atoms with Crippen molar-refractivity contribution in [2.45, 2.75) is 19.3 Å². The van der Waals surface area contributed by atoms with Crippen LogP contribution in [0.15, 0.2) is 170 Å².